The van der Waals surface area contributed by atoms with Crippen LogP contribution < -0.4 is 5.73 Å². The lowest BCUT2D eigenvalue weighted by atomic mass is 10.1. The first-order valence-electron chi connectivity index (χ1n) is 6.20. The molecule has 0 fully saturated rings. The Morgan fingerprint density at radius 1 is 0.850 bits per heavy atom. The topological polar surface area (TPSA) is 72.0 Å². The number of aromatic hydroxyl groups is 1. The number of aromatic nitrogens is 2. The second-order valence-corrected chi connectivity index (χ2v) is 4.47. The lowest BCUT2D eigenvalue weighted by molar-refractivity contribution is 0.475. The number of nitrogens with two attached hydrogens (primary N) is 1. The van der Waals surface area contributed by atoms with Gasteiger partial charge in [0, 0.05) is 16.8 Å². The number of nitrogen functional groups attached to an aromatic ring is 1. The smallest absolute Gasteiger partial charge is 0.116 e. The normalized spacial score (nSPS) is 10.4. The molecule has 4 nitrogen and oxygen atoms in total. The molecule has 98 valence electrons. The third-order valence-corrected chi connectivity index (χ3v) is 2.96. The van der Waals surface area contributed by atoms with Gasteiger partial charge in [-0.1, -0.05) is 24.3 Å². The van der Waals surface area contributed by atoms with E-state index in [-0.39, 0.29) is 5.75 Å². The van der Waals surface area contributed by atoms with Crippen LogP contribution in [0.3, 0.4) is 0 Å². The summed E-state index contributed by atoms with van der Waals surface area (Å²) in [5.74, 6) is 0.207. The fourth-order valence-electron chi connectivity index (χ4n) is 2.01. The summed E-state index contributed by atoms with van der Waals surface area (Å²) in [5.41, 5.74) is 9.67. The molecular weight excluding hydrogens is 250 g/mol. The number of nitrogens with zero attached hydrogens (tertiary/aromatic N) is 2. The van der Waals surface area contributed by atoms with Crippen LogP contribution in [0.15, 0.2) is 60.9 Å². The van der Waals surface area contributed by atoms with Crippen LogP contribution in [-0.4, -0.2) is 15.1 Å². The van der Waals surface area contributed by atoms with Gasteiger partial charge in [-0.25, -0.2) is 4.98 Å². The van der Waals surface area contributed by atoms with Crippen molar-refractivity contribution in [2.75, 3.05) is 5.73 Å². The third-order valence-electron chi connectivity index (χ3n) is 2.96. The summed E-state index contributed by atoms with van der Waals surface area (Å²) in [6.07, 6.45) is 3.37. The van der Waals surface area contributed by atoms with Crippen molar-refractivity contribution in [1.29, 1.82) is 0 Å². The van der Waals surface area contributed by atoms with Crippen LogP contribution in [0.2, 0.25) is 0 Å². The van der Waals surface area contributed by atoms with Gasteiger partial charge in [-0.2, -0.15) is 0 Å². The lowest BCUT2D eigenvalue weighted by Gasteiger charge is -2.05. The van der Waals surface area contributed by atoms with E-state index < -0.39 is 0 Å². The zero-order valence-electron chi connectivity index (χ0n) is 10.7. The van der Waals surface area contributed by atoms with E-state index in [2.05, 4.69) is 9.97 Å². The monoisotopic (exact) mass is 263 g/mol. The highest BCUT2D eigenvalue weighted by atomic mass is 16.3. The first kappa shape index (κ1) is 12.2. The zero-order chi connectivity index (χ0) is 13.9. The Morgan fingerprint density at radius 2 is 1.50 bits per heavy atom. The van der Waals surface area contributed by atoms with Gasteiger partial charge in [-0.15, -0.1) is 0 Å². The molecule has 3 N–H and O–H groups in total. The van der Waals surface area contributed by atoms with Crippen LogP contribution >= 0.6 is 0 Å². The average Bonchev–Trinajstić information content (AvgIpc) is 2.47. The maximum atomic E-state index is 9.53. The highest BCUT2D eigenvalue weighted by molar-refractivity contribution is 5.67. The Kier molecular flexibility index (Phi) is 3.05. The van der Waals surface area contributed by atoms with Crippen molar-refractivity contribution in [3.63, 3.8) is 0 Å². The van der Waals surface area contributed by atoms with Crippen molar-refractivity contribution >= 4 is 5.69 Å². The summed E-state index contributed by atoms with van der Waals surface area (Å²) >= 11 is 0. The molecule has 1 aromatic heterocycles. The van der Waals surface area contributed by atoms with E-state index in [1.807, 2.05) is 30.3 Å². The standard InChI is InChI=1S/C16H13N3O/c17-13-5-1-3-11(7-13)15-9-18-10-16(19-15)12-4-2-6-14(20)8-12/h1-10,20H,17H2. The molecule has 2 aromatic carbocycles. The van der Waals surface area contributed by atoms with E-state index >= 15 is 0 Å². The SMILES string of the molecule is Nc1cccc(-c2cncc(-c3cccc(O)c3)n2)c1. The second-order valence-electron chi connectivity index (χ2n) is 4.47. The minimum absolute atomic E-state index is 0.207. The van der Waals surface area contributed by atoms with Crippen molar-refractivity contribution in [3.05, 3.63) is 60.9 Å². The van der Waals surface area contributed by atoms with Crippen LogP contribution in [0.25, 0.3) is 22.5 Å². The van der Waals surface area contributed by atoms with Crippen LogP contribution in [0.4, 0.5) is 5.69 Å². The Hall–Kier alpha value is -2.88. The van der Waals surface area contributed by atoms with E-state index in [1.54, 1.807) is 30.6 Å². The number of rotatable bonds is 2. The highest BCUT2D eigenvalue weighted by Gasteiger charge is 2.05. The van der Waals surface area contributed by atoms with Gasteiger partial charge in [0.25, 0.3) is 0 Å². The molecule has 0 saturated heterocycles. The summed E-state index contributed by atoms with van der Waals surface area (Å²) < 4.78 is 0. The predicted octanol–water partition coefficient (Wildman–Crippen LogP) is 3.10. The molecular formula is C16H13N3O. The molecule has 0 atom stereocenters. The number of hydrogen-bond acceptors (Lipinski definition) is 4. The molecule has 0 saturated carbocycles. The van der Waals surface area contributed by atoms with Gasteiger partial charge < -0.3 is 10.8 Å². The third kappa shape index (κ3) is 2.44. The summed E-state index contributed by atoms with van der Waals surface area (Å²) in [6.45, 7) is 0. The molecule has 4 heteroatoms. The molecule has 0 aliphatic carbocycles. The van der Waals surface area contributed by atoms with Gasteiger partial charge in [-0.3, -0.25) is 4.98 Å². The van der Waals surface area contributed by atoms with E-state index in [0.29, 0.717) is 11.4 Å². The Morgan fingerprint density at radius 3 is 2.15 bits per heavy atom. The maximum Gasteiger partial charge on any atom is 0.116 e. The molecule has 0 radical (unpaired) electrons. The van der Waals surface area contributed by atoms with E-state index in [1.165, 1.54) is 0 Å². The van der Waals surface area contributed by atoms with Crippen LogP contribution in [-0.2, 0) is 0 Å². The van der Waals surface area contributed by atoms with Crippen LogP contribution in [0, 0.1) is 0 Å². The molecule has 1 heterocycles. The molecule has 0 amide bonds. The average molecular weight is 263 g/mol. The van der Waals surface area contributed by atoms with Gasteiger partial charge in [0.2, 0.25) is 0 Å². The van der Waals surface area contributed by atoms with Gasteiger partial charge >= 0.3 is 0 Å². The molecule has 20 heavy (non-hydrogen) atoms. The quantitative estimate of drug-likeness (QED) is 0.697. The summed E-state index contributed by atoms with van der Waals surface area (Å²) in [4.78, 5) is 8.78. The van der Waals surface area contributed by atoms with Crippen molar-refractivity contribution in [3.8, 4) is 28.3 Å². The maximum absolute atomic E-state index is 9.53. The van der Waals surface area contributed by atoms with Crippen LogP contribution in [0.5, 0.6) is 5.75 Å². The molecule has 0 aliphatic heterocycles. The van der Waals surface area contributed by atoms with Gasteiger partial charge in [0.15, 0.2) is 0 Å². The number of phenolic OH excluding ortho intramolecular Hbond substituents is 1. The highest BCUT2D eigenvalue weighted by Crippen LogP contribution is 2.24. The van der Waals surface area contributed by atoms with Crippen molar-refractivity contribution < 1.29 is 5.11 Å². The number of anilines is 1. The molecule has 0 bridgehead atoms. The molecule has 3 rings (SSSR count). The van der Waals surface area contributed by atoms with Gasteiger partial charge in [0.05, 0.1) is 23.8 Å². The van der Waals surface area contributed by atoms with Gasteiger partial charge in [0.1, 0.15) is 5.75 Å². The van der Waals surface area contributed by atoms with E-state index in [0.717, 1.165) is 16.8 Å². The van der Waals surface area contributed by atoms with E-state index in [4.69, 9.17) is 5.73 Å². The number of hydrogen-bond donors (Lipinski definition) is 2. The van der Waals surface area contributed by atoms with Crippen LogP contribution in [0.1, 0.15) is 0 Å². The van der Waals surface area contributed by atoms with Crippen molar-refractivity contribution in [2.45, 2.75) is 0 Å². The Labute approximate surface area is 116 Å². The second kappa shape index (κ2) is 5.01. The summed E-state index contributed by atoms with van der Waals surface area (Å²) in [7, 11) is 0. The number of phenols is 1. The largest absolute Gasteiger partial charge is 0.508 e. The molecule has 0 aliphatic rings. The first-order valence-corrected chi connectivity index (χ1v) is 6.20. The Bertz CT molecular complexity index is 695. The van der Waals surface area contributed by atoms with Crippen molar-refractivity contribution in [1.82, 2.24) is 9.97 Å². The number of benzene rings is 2. The Balaban J connectivity index is 2.06. The summed E-state index contributed by atoms with van der Waals surface area (Å²) in [5, 5.41) is 9.53. The fourth-order valence-corrected chi connectivity index (χ4v) is 2.01. The zero-order valence-corrected chi connectivity index (χ0v) is 10.7. The summed E-state index contributed by atoms with van der Waals surface area (Å²) in [6, 6.07) is 14.4. The minimum Gasteiger partial charge on any atom is -0.508 e. The predicted molar refractivity (Wildman–Crippen MR) is 79.0 cm³/mol. The minimum atomic E-state index is 0.207. The lowest BCUT2D eigenvalue weighted by Crippen LogP contribution is -1.91. The van der Waals surface area contributed by atoms with Crippen molar-refractivity contribution in [2.24, 2.45) is 0 Å². The molecule has 0 spiro atoms. The molecule has 3 aromatic rings. The molecule has 0 unspecified atom stereocenters. The first-order chi connectivity index (χ1) is 9.72. The van der Waals surface area contributed by atoms with Gasteiger partial charge in [-0.05, 0) is 24.3 Å². The van der Waals surface area contributed by atoms with E-state index in [9.17, 15) is 5.11 Å². The fraction of sp³-hybridized carbons (Fsp3) is 0.